The van der Waals surface area contributed by atoms with Crippen molar-refractivity contribution in [1.29, 1.82) is 0 Å². The first-order valence-electron chi connectivity index (χ1n) is 8.73. The van der Waals surface area contributed by atoms with Crippen LogP contribution in [0.3, 0.4) is 0 Å². The molecule has 1 aliphatic rings. The molecule has 3 aromatic rings. The lowest BCUT2D eigenvalue weighted by molar-refractivity contribution is 0.0720. The van der Waals surface area contributed by atoms with Crippen LogP contribution in [0.25, 0.3) is 17.5 Å². The van der Waals surface area contributed by atoms with E-state index in [2.05, 4.69) is 22.3 Å². The highest BCUT2D eigenvalue weighted by atomic mass is 16.5. The fourth-order valence-corrected chi connectivity index (χ4v) is 3.18. The van der Waals surface area contributed by atoms with Gasteiger partial charge in [0.1, 0.15) is 5.69 Å². The van der Waals surface area contributed by atoms with E-state index in [1.54, 1.807) is 12.3 Å². The van der Waals surface area contributed by atoms with Crippen molar-refractivity contribution in [1.82, 2.24) is 15.0 Å². The summed E-state index contributed by atoms with van der Waals surface area (Å²) in [5.41, 5.74) is 2.39. The summed E-state index contributed by atoms with van der Waals surface area (Å²) >= 11 is 0. The molecule has 1 atom stereocenters. The van der Waals surface area contributed by atoms with E-state index in [-0.39, 0.29) is 17.7 Å². The molecule has 1 amide bonds. The van der Waals surface area contributed by atoms with Crippen LogP contribution in [0.15, 0.2) is 71.4 Å². The molecule has 3 heterocycles. The molecule has 5 nitrogen and oxygen atoms in total. The van der Waals surface area contributed by atoms with Gasteiger partial charge in [-0.2, -0.15) is 0 Å². The Morgan fingerprint density at radius 2 is 1.96 bits per heavy atom. The summed E-state index contributed by atoms with van der Waals surface area (Å²) in [5.74, 6) is 0.130. The molecule has 0 N–H and O–H groups in total. The number of aromatic nitrogens is 2. The van der Waals surface area contributed by atoms with Crippen molar-refractivity contribution < 1.29 is 9.32 Å². The highest BCUT2D eigenvalue weighted by molar-refractivity contribution is 5.93. The van der Waals surface area contributed by atoms with Gasteiger partial charge in [-0.15, -0.1) is 0 Å². The van der Waals surface area contributed by atoms with Gasteiger partial charge >= 0.3 is 0 Å². The van der Waals surface area contributed by atoms with Crippen LogP contribution in [0.4, 0.5) is 0 Å². The maximum Gasteiger partial charge on any atom is 0.292 e. The maximum absolute atomic E-state index is 12.9. The third-order valence-corrected chi connectivity index (χ3v) is 4.52. The third-order valence-electron chi connectivity index (χ3n) is 4.52. The van der Waals surface area contributed by atoms with E-state index in [4.69, 9.17) is 4.52 Å². The number of carbonyl (C=O) groups excluding carboxylic acids is 1. The molecule has 0 aliphatic carbocycles. The molecule has 130 valence electrons. The van der Waals surface area contributed by atoms with Gasteiger partial charge in [0, 0.05) is 18.8 Å². The van der Waals surface area contributed by atoms with Crippen LogP contribution < -0.4 is 0 Å². The van der Waals surface area contributed by atoms with E-state index in [1.165, 1.54) is 0 Å². The average Bonchev–Trinajstić information content (AvgIpc) is 3.37. The van der Waals surface area contributed by atoms with Gasteiger partial charge in [-0.05, 0) is 30.5 Å². The maximum atomic E-state index is 12.9. The van der Waals surface area contributed by atoms with Gasteiger partial charge in [0.25, 0.3) is 5.91 Å². The van der Waals surface area contributed by atoms with Crippen LogP contribution in [-0.2, 0) is 0 Å². The molecule has 1 saturated heterocycles. The minimum Gasteiger partial charge on any atom is -0.350 e. The number of hydrogen-bond donors (Lipinski definition) is 0. The molecule has 26 heavy (non-hydrogen) atoms. The summed E-state index contributed by atoms with van der Waals surface area (Å²) in [6, 6.07) is 17.4. The molecule has 1 aliphatic heterocycles. The molecule has 5 heteroatoms. The standard InChI is InChI=1S/C21H19N3O2/c25-21(20-15-19(23-26-20)18-10-4-5-13-22-18)24-14-6-9-17(24)12-11-16-7-2-1-3-8-16/h1-5,7-8,10-13,15,17H,6,9,14H2/b12-11+/t17-/m0/s1. The average molecular weight is 345 g/mol. The van der Waals surface area contributed by atoms with E-state index >= 15 is 0 Å². The highest BCUT2D eigenvalue weighted by Gasteiger charge is 2.30. The number of likely N-dealkylation sites (tertiary alicyclic amines) is 1. The van der Waals surface area contributed by atoms with Crippen LogP contribution in [0, 0.1) is 0 Å². The van der Waals surface area contributed by atoms with Crippen LogP contribution in [-0.4, -0.2) is 33.5 Å². The zero-order valence-electron chi connectivity index (χ0n) is 14.3. The van der Waals surface area contributed by atoms with E-state index in [1.807, 2.05) is 53.4 Å². The summed E-state index contributed by atoms with van der Waals surface area (Å²) in [7, 11) is 0. The van der Waals surface area contributed by atoms with E-state index in [0.29, 0.717) is 11.4 Å². The Morgan fingerprint density at radius 1 is 1.12 bits per heavy atom. The molecule has 0 saturated carbocycles. The third kappa shape index (κ3) is 3.42. The van der Waals surface area contributed by atoms with Gasteiger partial charge in [-0.25, -0.2) is 0 Å². The molecular weight excluding hydrogens is 326 g/mol. The second kappa shape index (κ2) is 7.35. The van der Waals surface area contributed by atoms with Crippen molar-refractivity contribution in [2.75, 3.05) is 6.54 Å². The van der Waals surface area contributed by atoms with Crippen molar-refractivity contribution >= 4 is 12.0 Å². The van der Waals surface area contributed by atoms with Gasteiger partial charge in [-0.1, -0.05) is 53.7 Å². The van der Waals surface area contributed by atoms with Gasteiger partial charge in [0.05, 0.1) is 11.7 Å². The highest BCUT2D eigenvalue weighted by Crippen LogP contribution is 2.24. The normalized spacial score (nSPS) is 17.1. The molecule has 2 aromatic heterocycles. The quantitative estimate of drug-likeness (QED) is 0.715. The monoisotopic (exact) mass is 345 g/mol. The Morgan fingerprint density at radius 3 is 2.77 bits per heavy atom. The molecule has 4 rings (SSSR count). The topological polar surface area (TPSA) is 59.2 Å². The largest absolute Gasteiger partial charge is 0.350 e. The zero-order valence-corrected chi connectivity index (χ0v) is 14.3. The lowest BCUT2D eigenvalue weighted by Gasteiger charge is -2.20. The van der Waals surface area contributed by atoms with Crippen LogP contribution in [0.2, 0.25) is 0 Å². The summed E-state index contributed by atoms with van der Waals surface area (Å²) in [6.45, 7) is 0.724. The van der Waals surface area contributed by atoms with Gasteiger partial charge in [0.2, 0.25) is 5.76 Å². The Balaban J connectivity index is 1.50. The number of carbonyl (C=O) groups is 1. The second-order valence-corrected chi connectivity index (χ2v) is 6.27. The predicted octanol–water partition coefficient (Wildman–Crippen LogP) is 4.05. The van der Waals surface area contributed by atoms with Crippen molar-refractivity contribution in [3.05, 3.63) is 78.2 Å². The first kappa shape index (κ1) is 16.3. The molecule has 0 bridgehead atoms. The van der Waals surface area contributed by atoms with E-state index in [0.717, 1.165) is 24.9 Å². The summed E-state index contributed by atoms with van der Waals surface area (Å²) in [5, 5.41) is 3.99. The van der Waals surface area contributed by atoms with Crippen molar-refractivity contribution in [2.24, 2.45) is 0 Å². The number of nitrogens with zero attached hydrogens (tertiary/aromatic N) is 3. The Bertz CT molecular complexity index is 903. The minimum atomic E-state index is -0.125. The van der Waals surface area contributed by atoms with Gasteiger partial charge in [-0.3, -0.25) is 9.78 Å². The van der Waals surface area contributed by atoms with Gasteiger partial charge < -0.3 is 9.42 Å². The van der Waals surface area contributed by atoms with Crippen LogP contribution in [0.1, 0.15) is 29.0 Å². The Kier molecular flexibility index (Phi) is 4.60. The lowest BCUT2D eigenvalue weighted by Crippen LogP contribution is -2.34. The number of amides is 1. The molecule has 1 fully saturated rings. The van der Waals surface area contributed by atoms with Gasteiger partial charge in [0.15, 0.2) is 0 Å². The summed E-state index contributed by atoms with van der Waals surface area (Å²) in [6.07, 6.45) is 7.79. The van der Waals surface area contributed by atoms with Crippen molar-refractivity contribution in [3.8, 4) is 11.4 Å². The Labute approximate surface area is 152 Å². The molecular formula is C21H19N3O2. The summed E-state index contributed by atoms with van der Waals surface area (Å²) in [4.78, 5) is 18.9. The fraction of sp³-hybridized carbons (Fsp3) is 0.190. The molecule has 0 spiro atoms. The minimum absolute atomic E-state index is 0.0751. The Hall–Kier alpha value is -3.21. The molecule has 0 radical (unpaired) electrons. The van der Waals surface area contributed by atoms with Crippen LogP contribution in [0.5, 0.6) is 0 Å². The number of benzene rings is 1. The van der Waals surface area contributed by atoms with Crippen molar-refractivity contribution in [2.45, 2.75) is 18.9 Å². The number of pyridine rings is 1. The fourth-order valence-electron chi connectivity index (χ4n) is 3.18. The number of hydrogen-bond acceptors (Lipinski definition) is 4. The summed E-state index contributed by atoms with van der Waals surface area (Å²) < 4.78 is 5.30. The lowest BCUT2D eigenvalue weighted by atomic mass is 10.1. The predicted molar refractivity (Wildman–Crippen MR) is 99.3 cm³/mol. The second-order valence-electron chi connectivity index (χ2n) is 6.27. The van der Waals surface area contributed by atoms with Crippen LogP contribution >= 0.6 is 0 Å². The first-order chi connectivity index (χ1) is 12.8. The SMILES string of the molecule is O=C(c1cc(-c2ccccn2)no1)N1CCC[C@H]1/C=C/c1ccccc1. The van der Waals surface area contributed by atoms with E-state index in [9.17, 15) is 4.79 Å². The first-order valence-corrected chi connectivity index (χ1v) is 8.73. The zero-order chi connectivity index (χ0) is 17.8. The van der Waals surface area contributed by atoms with Crippen molar-refractivity contribution in [3.63, 3.8) is 0 Å². The van der Waals surface area contributed by atoms with E-state index < -0.39 is 0 Å². The number of rotatable bonds is 4. The molecule has 1 aromatic carbocycles. The molecule has 0 unspecified atom stereocenters. The smallest absolute Gasteiger partial charge is 0.292 e.